The van der Waals surface area contributed by atoms with Crippen LogP contribution in [0.3, 0.4) is 0 Å². The van der Waals surface area contributed by atoms with Gasteiger partial charge in [0, 0.05) is 32.7 Å². The van der Waals surface area contributed by atoms with E-state index in [1.54, 1.807) is 17.0 Å². The van der Waals surface area contributed by atoms with Crippen LogP contribution in [0.1, 0.15) is 19.8 Å². The molecule has 7 nitrogen and oxygen atoms in total. The highest BCUT2D eigenvalue weighted by Gasteiger charge is 2.19. The van der Waals surface area contributed by atoms with Gasteiger partial charge in [-0.25, -0.2) is 13.1 Å². The molecule has 140 valence electrons. The van der Waals surface area contributed by atoms with E-state index in [4.69, 9.17) is 4.74 Å². The molecule has 1 aromatic rings. The largest absolute Gasteiger partial charge is 0.484 e. The van der Waals surface area contributed by atoms with Gasteiger partial charge < -0.3 is 14.5 Å². The fraction of sp³-hybridized carbons (Fsp3) is 0.588. The molecule has 1 N–H and O–H groups in total. The predicted molar refractivity (Wildman–Crippen MR) is 96.1 cm³/mol. The van der Waals surface area contributed by atoms with E-state index in [1.165, 1.54) is 12.1 Å². The van der Waals surface area contributed by atoms with E-state index in [-0.39, 0.29) is 17.4 Å². The zero-order chi connectivity index (χ0) is 18.3. The first kappa shape index (κ1) is 19.7. The third-order valence-electron chi connectivity index (χ3n) is 4.17. The second-order valence-corrected chi connectivity index (χ2v) is 7.96. The summed E-state index contributed by atoms with van der Waals surface area (Å²) in [5.74, 6) is 0.431. The molecule has 0 atom stereocenters. The summed E-state index contributed by atoms with van der Waals surface area (Å²) < 4.78 is 32.3. The van der Waals surface area contributed by atoms with Gasteiger partial charge in [-0.05, 0) is 37.7 Å². The summed E-state index contributed by atoms with van der Waals surface area (Å²) in [6.07, 6.45) is 1.73. The SMILES string of the molecule is CCCCNS(=O)(=O)c1ccc(OCC(=O)N2CCN(C)CC2)cc1. The smallest absolute Gasteiger partial charge is 0.260 e. The fourth-order valence-corrected chi connectivity index (χ4v) is 3.55. The van der Waals surface area contributed by atoms with Crippen LogP contribution in [0.4, 0.5) is 0 Å². The predicted octanol–water partition coefficient (Wildman–Crippen LogP) is 0.918. The summed E-state index contributed by atoms with van der Waals surface area (Å²) >= 11 is 0. The highest BCUT2D eigenvalue weighted by molar-refractivity contribution is 7.89. The molecule has 1 aliphatic rings. The van der Waals surface area contributed by atoms with E-state index < -0.39 is 10.0 Å². The lowest BCUT2D eigenvalue weighted by Crippen LogP contribution is -2.48. The number of ether oxygens (including phenoxy) is 1. The molecule has 0 aromatic heterocycles. The number of hydrogen-bond acceptors (Lipinski definition) is 5. The number of unbranched alkanes of at least 4 members (excludes halogenated alkanes) is 1. The van der Waals surface area contributed by atoms with Crippen LogP contribution in [0.2, 0.25) is 0 Å². The Morgan fingerprint density at radius 2 is 1.80 bits per heavy atom. The third kappa shape index (κ3) is 5.98. The summed E-state index contributed by atoms with van der Waals surface area (Å²) in [7, 11) is -1.46. The van der Waals surface area contributed by atoms with E-state index in [0.29, 0.717) is 25.4 Å². The lowest BCUT2D eigenvalue weighted by atomic mass is 10.3. The van der Waals surface area contributed by atoms with Gasteiger partial charge in [-0.3, -0.25) is 4.79 Å². The number of benzene rings is 1. The van der Waals surface area contributed by atoms with Gasteiger partial charge in [0.15, 0.2) is 6.61 Å². The van der Waals surface area contributed by atoms with E-state index in [0.717, 1.165) is 25.9 Å². The van der Waals surface area contributed by atoms with Crippen molar-refractivity contribution in [1.82, 2.24) is 14.5 Å². The Hall–Kier alpha value is -1.64. The first-order chi connectivity index (χ1) is 11.9. The van der Waals surface area contributed by atoms with E-state index in [9.17, 15) is 13.2 Å². The average Bonchev–Trinajstić information content (AvgIpc) is 2.61. The number of carbonyl (C=O) groups is 1. The molecule has 0 aliphatic carbocycles. The van der Waals surface area contributed by atoms with Crippen molar-refractivity contribution in [3.05, 3.63) is 24.3 Å². The Bertz CT molecular complexity index is 653. The summed E-state index contributed by atoms with van der Waals surface area (Å²) in [6.45, 7) is 5.54. The summed E-state index contributed by atoms with van der Waals surface area (Å²) in [4.78, 5) is 16.3. The van der Waals surface area contributed by atoms with Gasteiger partial charge in [0.05, 0.1) is 4.90 Å². The second-order valence-electron chi connectivity index (χ2n) is 6.20. The molecule has 0 spiro atoms. The highest BCUT2D eigenvalue weighted by atomic mass is 32.2. The molecule has 1 saturated heterocycles. The second kappa shape index (κ2) is 9.17. The molecule has 2 rings (SSSR count). The molecule has 1 fully saturated rings. The lowest BCUT2D eigenvalue weighted by molar-refractivity contribution is -0.134. The molecule has 0 saturated carbocycles. The fourth-order valence-electron chi connectivity index (χ4n) is 2.47. The van der Waals surface area contributed by atoms with Crippen molar-refractivity contribution in [1.29, 1.82) is 0 Å². The number of sulfonamides is 1. The molecule has 25 heavy (non-hydrogen) atoms. The van der Waals surface area contributed by atoms with Crippen LogP contribution in [0.15, 0.2) is 29.2 Å². The van der Waals surface area contributed by atoms with Crippen molar-refractivity contribution in [3.63, 3.8) is 0 Å². The van der Waals surface area contributed by atoms with Crippen LogP contribution in [-0.4, -0.2) is 70.5 Å². The van der Waals surface area contributed by atoms with E-state index >= 15 is 0 Å². The quantitative estimate of drug-likeness (QED) is 0.690. The van der Waals surface area contributed by atoms with Crippen molar-refractivity contribution < 1.29 is 17.9 Å². The molecule has 1 heterocycles. The summed E-state index contributed by atoms with van der Waals surface area (Å²) in [5, 5.41) is 0. The maximum absolute atomic E-state index is 12.1. The van der Waals surface area contributed by atoms with Crippen molar-refractivity contribution in [2.75, 3.05) is 46.4 Å². The number of likely N-dealkylation sites (N-methyl/N-ethyl adjacent to an activating group) is 1. The maximum Gasteiger partial charge on any atom is 0.260 e. The van der Waals surface area contributed by atoms with Gasteiger partial charge in [0.1, 0.15) is 5.75 Å². The number of hydrogen-bond donors (Lipinski definition) is 1. The topological polar surface area (TPSA) is 78.9 Å². The molecular weight excluding hydrogens is 342 g/mol. The Balaban J connectivity index is 1.84. The Kier molecular flexibility index (Phi) is 7.22. The normalized spacial score (nSPS) is 16.0. The van der Waals surface area contributed by atoms with Crippen LogP contribution in [-0.2, 0) is 14.8 Å². The molecular formula is C17H27N3O4S. The van der Waals surface area contributed by atoms with Gasteiger partial charge in [-0.1, -0.05) is 13.3 Å². The maximum atomic E-state index is 12.1. The summed E-state index contributed by atoms with van der Waals surface area (Å²) in [6, 6.07) is 6.13. The van der Waals surface area contributed by atoms with Gasteiger partial charge in [0.25, 0.3) is 5.91 Å². The Morgan fingerprint density at radius 3 is 2.40 bits per heavy atom. The highest BCUT2D eigenvalue weighted by Crippen LogP contribution is 2.16. The standard InChI is InChI=1S/C17H27N3O4S/c1-3-4-9-18-25(22,23)16-7-5-15(6-8-16)24-14-17(21)20-12-10-19(2)11-13-20/h5-8,18H,3-4,9-14H2,1-2H3. The average molecular weight is 369 g/mol. The third-order valence-corrected chi connectivity index (χ3v) is 5.65. The van der Waals surface area contributed by atoms with Crippen molar-refractivity contribution in [3.8, 4) is 5.75 Å². The van der Waals surface area contributed by atoms with Gasteiger partial charge in [-0.15, -0.1) is 0 Å². The van der Waals surface area contributed by atoms with Crippen LogP contribution < -0.4 is 9.46 Å². The molecule has 1 amide bonds. The Labute approximate surface area is 150 Å². The van der Waals surface area contributed by atoms with Gasteiger partial charge >= 0.3 is 0 Å². The number of nitrogens with zero attached hydrogens (tertiary/aromatic N) is 2. The Morgan fingerprint density at radius 1 is 1.16 bits per heavy atom. The first-order valence-corrected chi connectivity index (χ1v) is 10.1. The van der Waals surface area contributed by atoms with Crippen LogP contribution in [0.5, 0.6) is 5.75 Å². The lowest BCUT2D eigenvalue weighted by Gasteiger charge is -2.32. The van der Waals surface area contributed by atoms with Crippen LogP contribution >= 0.6 is 0 Å². The van der Waals surface area contributed by atoms with Crippen LogP contribution in [0, 0.1) is 0 Å². The van der Waals surface area contributed by atoms with Crippen molar-refractivity contribution in [2.45, 2.75) is 24.7 Å². The number of amides is 1. The molecule has 0 unspecified atom stereocenters. The molecule has 1 aliphatic heterocycles. The van der Waals surface area contributed by atoms with E-state index in [1.807, 2.05) is 14.0 Å². The number of carbonyl (C=O) groups excluding carboxylic acids is 1. The molecule has 0 radical (unpaired) electrons. The number of rotatable bonds is 8. The minimum absolute atomic E-state index is 0.0371. The molecule has 1 aromatic carbocycles. The number of nitrogens with one attached hydrogen (secondary N) is 1. The van der Waals surface area contributed by atoms with E-state index in [2.05, 4.69) is 9.62 Å². The van der Waals surface area contributed by atoms with Gasteiger partial charge in [0.2, 0.25) is 10.0 Å². The van der Waals surface area contributed by atoms with Crippen LogP contribution in [0.25, 0.3) is 0 Å². The first-order valence-electron chi connectivity index (χ1n) is 8.61. The number of piperazine rings is 1. The van der Waals surface area contributed by atoms with Gasteiger partial charge in [-0.2, -0.15) is 0 Å². The molecule has 8 heteroatoms. The zero-order valence-corrected chi connectivity index (χ0v) is 15.7. The minimum Gasteiger partial charge on any atom is -0.484 e. The molecule has 0 bridgehead atoms. The monoisotopic (exact) mass is 369 g/mol. The zero-order valence-electron chi connectivity index (χ0n) is 14.9. The minimum atomic E-state index is -3.49. The van der Waals surface area contributed by atoms with Crippen molar-refractivity contribution in [2.24, 2.45) is 0 Å². The summed E-state index contributed by atoms with van der Waals surface area (Å²) in [5.41, 5.74) is 0. The van der Waals surface area contributed by atoms with Crippen molar-refractivity contribution >= 4 is 15.9 Å².